The van der Waals surface area contributed by atoms with Gasteiger partial charge in [-0.05, 0) is 47.2 Å². The van der Waals surface area contributed by atoms with Crippen LogP contribution >= 0.6 is 11.6 Å². The summed E-state index contributed by atoms with van der Waals surface area (Å²) < 4.78 is 19.3. The highest BCUT2D eigenvalue weighted by Crippen LogP contribution is 2.21. The molecule has 0 aliphatic heterocycles. The molecule has 0 aliphatic rings. The summed E-state index contributed by atoms with van der Waals surface area (Å²) in [6.07, 6.45) is 0. The number of benzene rings is 3. The number of hydrogen-bond acceptors (Lipinski definition) is 4. The number of tetrazole rings is 1. The lowest BCUT2D eigenvalue weighted by molar-refractivity contribution is 0.300. The van der Waals surface area contributed by atoms with Crippen molar-refractivity contribution in [3.05, 3.63) is 94.8 Å². The van der Waals surface area contributed by atoms with Gasteiger partial charge in [0.15, 0.2) is 0 Å². The van der Waals surface area contributed by atoms with Crippen LogP contribution in [0.4, 0.5) is 4.39 Å². The van der Waals surface area contributed by atoms with Gasteiger partial charge in [0.1, 0.15) is 18.2 Å². The molecular formula is C21H16ClFN4O. The van der Waals surface area contributed by atoms with Crippen molar-refractivity contribution in [3.63, 3.8) is 0 Å². The number of hydrogen-bond donors (Lipinski definition) is 0. The van der Waals surface area contributed by atoms with Gasteiger partial charge in [-0.25, -0.2) is 4.39 Å². The van der Waals surface area contributed by atoms with E-state index >= 15 is 0 Å². The first-order valence-electron chi connectivity index (χ1n) is 8.67. The SMILES string of the molecule is Fc1ccccc1COc1ccc(-c2nnn(Cc3ccccc3Cl)n2)cc1. The molecule has 4 rings (SSSR count). The molecule has 140 valence electrons. The molecule has 0 N–H and O–H groups in total. The van der Waals surface area contributed by atoms with E-state index in [-0.39, 0.29) is 12.4 Å². The highest BCUT2D eigenvalue weighted by molar-refractivity contribution is 6.31. The minimum absolute atomic E-state index is 0.165. The van der Waals surface area contributed by atoms with E-state index in [2.05, 4.69) is 15.4 Å². The average Bonchev–Trinajstić information content (AvgIpc) is 3.18. The van der Waals surface area contributed by atoms with Crippen molar-refractivity contribution in [2.24, 2.45) is 0 Å². The first kappa shape index (κ1) is 18.1. The van der Waals surface area contributed by atoms with Crippen LogP contribution in [0.2, 0.25) is 5.02 Å². The van der Waals surface area contributed by atoms with Gasteiger partial charge in [0, 0.05) is 16.1 Å². The lowest BCUT2D eigenvalue weighted by Crippen LogP contribution is -2.04. The van der Waals surface area contributed by atoms with E-state index in [4.69, 9.17) is 16.3 Å². The van der Waals surface area contributed by atoms with Crippen molar-refractivity contribution in [2.75, 3.05) is 0 Å². The molecule has 1 heterocycles. The zero-order valence-corrected chi connectivity index (χ0v) is 15.6. The smallest absolute Gasteiger partial charge is 0.204 e. The van der Waals surface area contributed by atoms with Gasteiger partial charge >= 0.3 is 0 Å². The van der Waals surface area contributed by atoms with Crippen LogP contribution < -0.4 is 4.74 Å². The molecule has 0 saturated carbocycles. The third-order valence-electron chi connectivity index (χ3n) is 4.19. The Labute approximate surface area is 166 Å². The Balaban J connectivity index is 1.42. The molecule has 0 spiro atoms. The molecule has 0 fully saturated rings. The predicted molar refractivity (Wildman–Crippen MR) is 105 cm³/mol. The highest BCUT2D eigenvalue weighted by atomic mass is 35.5. The number of aromatic nitrogens is 4. The molecule has 0 unspecified atom stereocenters. The van der Waals surface area contributed by atoms with Gasteiger partial charge in [0.25, 0.3) is 0 Å². The first-order valence-corrected chi connectivity index (χ1v) is 9.05. The lowest BCUT2D eigenvalue weighted by atomic mass is 10.2. The third kappa shape index (κ3) is 4.18. The molecule has 4 aromatic rings. The summed E-state index contributed by atoms with van der Waals surface area (Å²) in [5, 5.41) is 13.2. The second-order valence-corrected chi connectivity index (χ2v) is 6.55. The zero-order chi connectivity index (χ0) is 19.3. The molecule has 1 aromatic heterocycles. The van der Waals surface area contributed by atoms with Crippen LogP contribution in [-0.2, 0) is 13.2 Å². The quantitative estimate of drug-likeness (QED) is 0.473. The third-order valence-corrected chi connectivity index (χ3v) is 4.56. The van der Waals surface area contributed by atoms with E-state index in [1.807, 2.05) is 36.4 Å². The Morgan fingerprint density at radius 1 is 0.893 bits per heavy atom. The topological polar surface area (TPSA) is 52.8 Å². The Hall–Kier alpha value is -3.25. The van der Waals surface area contributed by atoms with Gasteiger partial charge < -0.3 is 4.74 Å². The largest absolute Gasteiger partial charge is 0.489 e. The standard InChI is InChI=1S/C21H16ClFN4O/c22-19-7-3-1-5-16(19)13-27-25-21(24-26-27)15-9-11-18(12-10-15)28-14-17-6-2-4-8-20(17)23/h1-12H,13-14H2. The van der Waals surface area contributed by atoms with Gasteiger partial charge in [0.2, 0.25) is 5.82 Å². The molecule has 0 aliphatic carbocycles. The van der Waals surface area contributed by atoms with Crippen LogP contribution in [0.25, 0.3) is 11.4 Å². The van der Waals surface area contributed by atoms with Gasteiger partial charge in [-0.1, -0.05) is 48.0 Å². The maximum absolute atomic E-state index is 13.6. The Kier molecular flexibility index (Phi) is 5.30. The van der Waals surface area contributed by atoms with E-state index in [1.54, 1.807) is 30.3 Å². The molecule has 0 radical (unpaired) electrons. The van der Waals surface area contributed by atoms with Gasteiger partial charge in [-0.2, -0.15) is 4.80 Å². The normalized spacial score (nSPS) is 10.8. The highest BCUT2D eigenvalue weighted by Gasteiger charge is 2.08. The van der Waals surface area contributed by atoms with Gasteiger partial charge in [-0.3, -0.25) is 0 Å². The summed E-state index contributed by atoms with van der Waals surface area (Å²) >= 11 is 6.17. The predicted octanol–water partition coefficient (Wildman–Crippen LogP) is 4.76. The van der Waals surface area contributed by atoms with E-state index in [1.165, 1.54) is 10.9 Å². The zero-order valence-electron chi connectivity index (χ0n) is 14.8. The molecule has 28 heavy (non-hydrogen) atoms. The maximum Gasteiger partial charge on any atom is 0.204 e. The van der Waals surface area contributed by atoms with Gasteiger partial charge in [-0.15, -0.1) is 10.2 Å². The molecule has 0 amide bonds. The Morgan fingerprint density at radius 3 is 2.36 bits per heavy atom. The second kappa shape index (κ2) is 8.19. The summed E-state index contributed by atoms with van der Waals surface area (Å²) in [6.45, 7) is 0.606. The summed E-state index contributed by atoms with van der Waals surface area (Å²) in [5.41, 5.74) is 2.24. The number of halogens is 2. The van der Waals surface area contributed by atoms with Crippen molar-refractivity contribution >= 4 is 11.6 Å². The van der Waals surface area contributed by atoms with E-state index in [9.17, 15) is 4.39 Å². The van der Waals surface area contributed by atoms with E-state index in [0.717, 1.165) is 11.1 Å². The fraction of sp³-hybridized carbons (Fsp3) is 0.0952. The van der Waals surface area contributed by atoms with E-state index < -0.39 is 0 Å². The Morgan fingerprint density at radius 2 is 1.61 bits per heavy atom. The minimum atomic E-state index is -0.279. The monoisotopic (exact) mass is 394 g/mol. The summed E-state index contributed by atoms with van der Waals surface area (Å²) in [4.78, 5) is 1.50. The number of nitrogens with zero attached hydrogens (tertiary/aromatic N) is 4. The Bertz CT molecular complexity index is 1080. The minimum Gasteiger partial charge on any atom is -0.489 e. The molecule has 5 nitrogen and oxygen atoms in total. The molecule has 0 bridgehead atoms. The van der Waals surface area contributed by atoms with Crippen LogP contribution in [0.1, 0.15) is 11.1 Å². The van der Waals surface area contributed by atoms with Crippen LogP contribution in [0.3, 0.4) is 0 Å². The van der Waals surface area contributed by atoms with Crippen LogP contribution in [0.5, 0.6) is 5.75 Å². The number of ether oxygens (including phenoxy) is 1. The summed E-state index contributed by atoms with van der Waals surface area (Å²) in [5.74, 6) is 0.863. The van der Waals surface area contributed by atoms with Gasteiger partial charge in [0.05, 0.1) is 6.54 Å². The van der Waals surface area contributed by atoms with Crippen molar-refractivity contribution in [3.8, 4) is 17.1 Å². The van der Waals surface area contributed by atoms with Crippen LogP contribution in [0.15, 0.2) is 72.8 Å². The van der Waals surface area contributed by atoms with E-state index in [0.29, 0.717) is 28.7 Å². The molecular weight excluding hydrogens is 379 g/mol. The summed E-state index contributed by atoms with van der Waals surface area (Å²) in [6, 6.07) is 21.4. The molecule has 0 saturated heterocycles. The van der Waals surface area contributed by atoms with Crippen LogP contribution in [-0.4, -0.2) is 20.2 Å². The van der Waals surface area contributed by atoms with Crippen LogP contribution in [0, 0.1) is 5.82 Å². The maximum atomic E-state index is 13.6. The fourth-order valence-corrected chi connectivity index (χ4v) is 2.88. The lowest BCUT2D eigenvalue weighted by Gasteiger charge is -2.07. The average molecular weight is 395 g/mol. The summed E-state index contributed by atoms with van der Waals surface area (Å²) in [7, 11) is 0. The first-order chi connectivity index (χ1) is 13.7. The van der Waals surface area contributed by atoms with Crippen molar-refractivity contribution in [2.45, 2.75) is 13.2 Å². The molecule has 3 aromatic carbocycles. The molecule has 0 atom stereocenters. The number of rotatable bonds is 6. The van der Waals surface area contributed by atoms with Crippen molar-refractivity contribution in [1.29, 1.82) is 0 Å². The molecule has 7 heteroatoms. The fourth-order valence-electron chi connectivity index (χ4n) is 2.68. The van der Waals surface area contributed by atoms with Crippen molar-refractivity contribution in [1.82, 2.24) is 20.2 Å². The second-order valence-electron chi connectivity index (χ2n) is 6.14. The van der Waals surface area contributed by atoms with Crippen molar-refractivity contribution < 1.29 is 9.13 Å².